The quantitative estimate of drug-likeness (QED) is 0.898. The van der Waals surface area contributed by atoms with E-state index >= 15 is 0 Å². The van der Waals surface area contributed by atoms with Crippen molar-refractivity contribution in [2.45, 2.75) is 39.2 Å². The third-order valence-electron chi connectivity index (χ3n) is 4.80. The van der Waals surface area contributed by atoms with Gasteiger partial charge in [0.2, 0.25) is 5.91 Å². The minimum atomic E-state index is 0.0858. The van der Waals surface area contributed by atoms with E-state index in [1.165, 1.54) is 18.5 Å². The summed E-state index contributed by atoms with van der Waals surface area (Å²) in [6, 6.07) is 6.64. The zero-order chi connectivity index (χ0) is 14.8. The van der Waals surface area contributed by atoms with Gasteiger partial charge in [0.25, 0.3) is 0 Å². The van der Waals surface area contributed by atoms with Gasteiger partial charge in [-0.15, -0.1) is 0 Å². The van der Waals surface area contributed by atoms with E-state index in [0.29, 0.717) is 0 Å². The predicted octanol–water partition coefficient (Wildman–Crippen LogP) is 2.53. The Morgan fingerprint density at radius 2 is 2.10 bits per heavy atom. The van der Waals surface area contributed by atoms with Gasteiger partial charge in [0.15, 0.2) is 0 Å². The Labute approximate surface area is 126 Å². The molecule has 1 aromatic carbocycles. The van der Waals surface area contributed by atoms with Crippen molar-refractivity contribution >= 4 is 17.3 Å². The molecule has 2 heterocycles. The Morgan fingerprint density at radius 1 is 1.33 bits per heavy atom. The highest BCUT2D eigenvalue weighted by atomic mass is 16.1. The molecule has 0 saturated carbocycles. The maximum Gasteiger partial charge on any atom is 0.229 e. The SMILES string of the molecule is Cc1cc(N2CCCC2)ccc1NC(=O)C1CCNC1C. The predicted molar refractivity (Wildman–Crippen MR) is 86.8 cm³/mol. The number of amides is 1. The van der Waals surface area contributed by atoms with E-state index in [2.05, 4.69) is 41.5 Å². The lowest BCUT2D eigenvalue weighted by atomic mass is 10.0. The molecule has 4 nitrogen and oxygen atoms in total. The van der Waals surface area contributed by atoms with Crippen LogP contribution in [0.25, 0.3) is 0 Å². The summed E-state index contributed by atoms with van der Waals surface area (Å²) in [5.74, 6) is 0.229. The first-order valence-electron chi connectivity index (χ1n) is 8.05. The number of hydrogen-bond acceptors (Lipinski definition) is 3. The molecule has 2 unspecified atom stereocenters. The second-order valence-corrected chi connectivity index (χ2v) is 6.32. The van der Waals surface area contributed by atoms with Gasteiger partial charge in [0.05, 0.1) is 5.92 Å². The first-order chi connectivity index (χ1) is 10.1. The highest BCUT2D eigenvalue weighted by Gasteiger charge is 2.29. The van der Waals surface area contributed by atoms with Crippen LogP contribution in [0.3, 0.4) is 0 Å². The van der Waals surface area contributed by atoms with Crippen LogP contribution in [-0.2, 0) is 4.79 Å². The molecule has 1 amide bonds. The summed E-state index contributed by atoms with van der Waals surface area (Å²) in [6.07, 6.45) is 3.49. The summed E-state index contributed by atoms with van der Waals surface area (Å²) < 4.78 is 0. The zero-order valence-electron chi connectivity index (χ0n) is 13.0. The number of carbonyl (C=O) groups excluding carboxylic acids is 1. The van der Waals surface area contributed by atoms with Gasteiger partial charge in [-0.2, -0.15) is 0 Å². The minimum Gasteiger partial charge on any atom is -0.372 e. The first-order valence-corrected chi connectivity index (χ1v) is 8.05. The first kappa shape index (κ1) is 14.4. The Morgan fingerprint density at radius 3 is 2.71 bits per heavy atom. The number of anilines is 2. The van der Waals surface area contributed by atoms with E-state index in [1.807, 2.05) is 6.07 Å². The molecule has 0 radical (unpaired) electrons. The molecule has 114 valence electrons. The van der Waals surface area contributed by atoms with Gasteiger partial charge in [0.1, 0.15) is 0 Å². The summed E-state index contributed by atoms with van der Waals surface area (Å²) in [6.45, 7) is 7.39. The second-order valence-electron chi connectivity index (χ2n) is 6.32. The molecule has 0 spiro atoms. The summed E-state index contributed by atoms with van der Waals surface area (Å²) >= 11 is 0. The highest BCUT2D eigenvalue weighted by Crippen LogP contribution is 2.26. The van der Waals surface area contributed by atoms with Gasteiger partial charge in [0, 0.05) is 30.5 Å². The molecule has 2 N–H and O–H groups in total. The summed E-state index contributed by atoms with van der Waals surface area (Å²) in [7, 11) is 0. The number of carbonyl (C=O) groups is 1. The van der Waals surface area contributed by atoms with Crippen LogP contribution in [0.15, 0.2) is 18.2 Å². The number of hydrogen-bond donors (Lipinski definition) is 2. The second kappa shape index (κ2) is 6.06. The standard InChI is InChI=1S/C17H25N3O/c1-12-11-14(20-9-3-4-10-20)5-6-16(12)19-17(21)15-7-8-18-13(15)2/h5-6,11,13,15,18H,3-4,7-10H2,1-2H3,(H,19,21). The number of aryl methyl sites for hydroxylation is 1. The van der Waals surface area contributed by atoms with Crippen LogP contribution in [0.4, 0.5) is 11.4 Å². The van der Waals surface area contributed by atoms with Crippen molar-refractivity contribution < 1.29 is 4.79 Å². The lowest BCUT2D eigenvalue weighted by molar-refractivity contribution is -0.120. The van der Waals surface area contributed by atoms with Crippen LogP contribution in [0.5, 0.6) is 0 Å². The normalized spacial score (nSPS) is 25.3. The lowest BCUT2D eigenvalue weighted by Gasteiger charge is -2.20. The van der Waals surface area contributed by atoms with Crippen LogP contribution >= 0.6 is 0 Å². The fourth-order valence-corrected chi connectivity index (χ4v) is 3.40. The monoisotopic (exact) mass is 287 g/mol. The van der Waals surface area contributed by atoms with E-state index < -0.39 is 0 Å². The maximum atomic E-state index is 12.4. The highest BCUT2D eigenvalue weighted by molar-refractivity contribution is 5.94. The van der Waals surface area contributed by atoms with Crippen molar-refractivity contribution in [1.29, 1.82) is 0 Å². The van der Waals surface area contributed by atoms with E-state index in [9.17, 15) is 4.79 Å². The van der Waals surface area contributed by atoms with Gasteiger partial charge in [-0.3, -0.25) is 4.79 Å². The van der Waals surface area contributed by atoms with Crippen LogP contribution in [0, 0.1) is 12.8 Å². The largest absolute Gasteiger partial charge is 0.372 e. The molecule has 3 rings (SSSR count). The van der Waals surface area contributed by atoms with Crippen molar-refractivity contribution in [2.24, 2.45) is 5.92 Å². The Hall–Kier alpha value is -1.55. The lowest BCUT2D eigenvalue weighted by Crippen LogP contribution is -2.32. The van der Waals surface area contributed by atoms with Gasteiger partial charge < -0.3 is 15.5 Å². The van der Waals surface area contributed by atoms with Gasteiger partial charge in [-0.05, 0) is 63.4 Å². The van der Waals surface area contributed by atoms with E-state index in [-0.39, 0.29) is 17.9 Å². The van der Waals surface area contributed by atoms with Crippen molar-refractivity contribution in [2.75, 3.05) is 29.9 Å². The topological polar surface area (TPSA) is 44.4 Å². The Balaban J connectivity index is 1.69. The number of benzene rings is 1. The Bertz CT molecular complexity index is 523. The van der Waals surface area contributed by atoms with Crippen LogP contribution in [-0.4, -0.2) is 31.6 Å². The molecule has 0 bridgehead atoms. The molecular formula is C17H25N3O. The summed E-state index contributed by atoms with van der Waals surface area (Å²) in [5, 5.41) is 6.43. The third kappa shape index (κ3) is 3.05. The van der Waals surface area contributed by atoms with Crippen molar-refractivity contribution in [3.05, 3.63) is 23.8 Å². The van der Waals surface area contributed by atoms with Crippen LogP contribution in [0.2, 0.25) is 0 Å². The molecule has 1 aromatic rings. The fraction of sp³-hybridized carbons (Fsp3) is 0.588. The average molecular weight is 287 g/mol. The number of nitrogens with zero attached hydrogens (tertiary/aromatic N) is 1. The molecule has 0 aromatic heterocycles. The van der Waals surface area contributed by atoms with Gasteiger partial charge in [-0.1, -0.05) is 0 Å². The van der Waals surface area contributed by atoms with Crippen molar-refractivity contribution in [1.82, 2.24) is 5.32 Å². The number of rotatable bonds is 3. The smallest absolute Gasteiger partial charge is 0.229 e. The Kier molecular flexibility index (Phi) is 4.15. The van der Waals surface area contributed by atoms with Crippen LogP contribution in [0.1, 0.15) is 31.7 Å². The van der Waals surface area contributed by atoms with E-state index in [0.717, 1.165) is 37.3 Å². The molecule has 2 aliphatic rings. The summed E-state index contributed by atoms with van der Waals surface area (Å²) in [5.41, 5.74) is 3.37. The third-order valence-corrected chi connectivity index (χ3v) is 4.80. The molecular weight excluding hydrogens is 262 g/mol. The van der Waals surface area contributed by atoms with Crippen LogP contribution < -0.4 is 15.5 Å². The molecule has 2 atom stereocenters. The van der Waals surface area contributed by atoms with Crippen molar-refractivity contribution in [3.8, 4) is 0 Å². The van der Waals surface area contributed by atoms with E-state index in [4.69, 9.17) is 0 Å². The molecule has 2 fully saturated rings. The fourth-order valence-electron chi connectivity index (χ4n) is 3.40. The molecule has 2 aliphatic heterocycles. The minimum absolute atomic E-state index is 0.0858. The van der Waals surface area contributed by atoms with Gasteiger partial charge >= 0.3 is 0 Å². The van der Waals surface area contributed by atoms with E-state index in [1.54, 1.807) is 0 Å². The summed E-state index contributed by atoms with van der Waals surface area (Å²) in [4.78, 5) is 14.8. The number of nitrogens with one attached hydrogen (secondary N) is 2. The maximum absolute atomic E-state index is 12.4. The zero-order valence-corrected chi connectivity index (χ0v) is 13.0. The molecule has 0 aliphatic carbocycles. The molecule has 21 heavy (non-hydrogen) atoms. The molecule has 2 saturated heterocycles. The van der Waals surface area contributed by atoms with Crippen molar-refractivity contribution in [3.63, 3.8) is 0 Å². The molecule has 4 heteroatoms. The average Bonchev–Trinajstić information content (AvgIpc) is 3.12. The van der Waals surface area contributed by atoms with Gasteiger partial charge in [-0.25, -0.2) is 0 Å².